The fourth-order valence-corrected chi connectivity index (χ4v) is 4.91. The minimum absolute atomic E-state index is 0.0373. The van der Waals surface area contributed by atoms with Crippen LogP contribution in [0.3, 0.4) is 0 Å². The van der Waals surface area contributed by atoms with E-state index in [0.717, 1.165) is 44.5 Å². The van der Waals surface area contributed by atoms with Gasteiger partial charge in [0.05, 0.1) is 6.04 Å². The van der Waals surface area contributed by atoms with E-state index in [1.807, 2.05) is 17.0 Å². The molecule has 5 nitrogen and oxygen atoms in total. The highest BCUT2D eigenvalue weighted by atomic mass is 16.6. The third-order valence-electron chi connectivity index (χ3n) is 6.39. The second-order valence-corrected chi connectivity index (χ2v) is 7.89. The molecule has 2 atom stereocenters. The van der Waals surface area contributed by atoms with E-state index >= 15 is 0 Å². The molecule has 1 aromatic carbocycles. The van der Waals surface area contributed by atoms with Crippen molar-refractivity contribution in [3.63, 3.8) is 0 Å². The molecule has 0 N–H and O–H groups in total. The molecule has 2 unspecified atom stereocenters. The van der Waals surface area contributed by atoms with Crippen LogP contribution in [-0.4, -0.2) is 53.2 Å². The lowest BCUT2D eigenvalue weighted by molar-refractivity contribution is -0.0462. The number of pyridine rings is 1. The van der Waals surface area contributed by atoms with Crippen LogP contribution in [0.15, 0.2) is 48.8 Å². The standard InChI is InChI=1S/C22H25N3O2/c26-22(27-20-15-24-12-7-17(20)8-13-24)25-14-9-16-3-1-2-4-19(16)21(25)18-5-10-23-11-6-18/h1-6,10-11,17,20-21H,7-9,12-15H2. The summed E-state index contributed by atoms with van der Waals surface area (Å²) in [6.45, 7) is 3.87. The first kappa shape index (κ1) is 16.8. The largest absolute Gasteiger partial charge is 0.444 e. The Morgan fingerprint density at radius 1 is 1.04 bits per heavy atom. The van der Waals surface area contributed by atoms with Crippen molar-refractivity contribution < 1.29 is 9.53 Å². The van der Waals surface area contributed by atoms with Crippen LogP contribution in [0.1, 0.15) is 35.6 Å². The molecule has 5 heterocycles. The Hall–Kier alpha value is -2.40. The molecule has 3 saturated heterocycles. The quantitative estimate of drug-likeness (QED) is 0.822. The summed E-state index contributed by atoms with van der Waals surface area (Å²) in [6, 6.07) is 12.3. The lowest BCUT2D eigenvalue weighted by Crippen LogP contribution is -2.53. The number of rotatable bonds is 2. The number of carbonyl (C=O) groups is 1. The van der Waals surface area contributed by atoms with Gasteiger partial charge in [0.15, 0.2) is 0 Å². The average Bonchev–Trinajstić information content (AvgIpc) is 2.74. The van der Waals surface area contributed by atoms with E-state index in [1.54, 1.807) is 12.4 Å². The molecule has 3 fully saturated rings. The predicted octanol–water partition coefficient (Wildman–Crippen LogP) is 3.26. The summed E-state index contributed by atoms with van der Waals surface area (Å²) in [4.78, 5) is 21.7. The van der Waals surface area contributed by atoms with E-state index in [2.05, 4.69) is 34.1 Å². The lowest BCUT2D eigenvalue weighted by atomic mass is 9.86. The molecule has 0 aliphatic carbocycles. The summed E-state index contributed by atoms with van der Waals surface area (Å²) in [5.41, 5.74) is 3.59. The number of hydrogen-bond donors (Lipinski definition) is 0. The number of amides is 1. The predicted molar refractivity (Wildman–Crippen MR) is 102 cm³/mol. The second-order valence-electron chi connectivity index (χ2n) is 7.89. The molecule has 2 aromatic rings. The Labute approximate surface area is 159 Å². The van der Waals surface area contributed by atoms with Gasteiger partial charge in [0, 0.05) is 25.5 Å². The molecule has 4 aliphatic rings. The molecule has 140 valence electrons. The van der Waals surface area contributed by atoms with Gasteiger partial charge in [0.25, 0.3) is 0 Å². The molecule has 1 amide bonds. The van der Waals surface area contributed by atoms with E-state index < -0.39 is 0 Å². The van der Waals surface area contributed by atoms with Crippen molar-refractivity contribution in [2.24, 2.45) is 5.92 Å². The monoisotopic (exact) mass is 363 g/mol. The van der Waals surface area contributed by atoms with Crippen LogP contribution in [0.5, 0.6) is 0 Å². The maximum atomic E-state index is 13.2. The summed E-state index contributed by atoms with van der Waals surface area (Å²) in [6.07, 6.45) is 6.61. The number of ether oxygens (including phenoxy) is 1. The summed E-state index contributed by atoms with van der Waals surface area (Å²) in [7, 11) is 0. The number of fused-ring (bicyclic) bond motifs is 4. The molecular weight excluding hydrogens is 338 g/mol. The van der Waals surface area contributed by atoms with Crippen molar-refractivity contribution >= 4 is 6.09 Å². The minimum atomic E-state index is -0.176. The Morgan fingerprint density at radius 2 is 1.81 bits per heavy atom. The second kappa shape index (κ2) is 6.97. The van der Waals surface area contributed by atoms with Crippen LogP contribution in [-0.2, 0) is 11.2 Å². The van der Waals surface area contributed by atoms with E-state index in [4.69, 9.17) is 4.74 Å². The first-order valence-corrected chi connectivity index (χ1v) is 9.97. The van der Waals surface area contributed by atoms with Gasteiger partial charge in [-0.15, -0.1) is 0 Å². The van der Waals surface area contributed by atoms with E-state index in [0.29, 0.717) is 12.5 Å². The van der Waals surface area contributed by atoms with Crippen LogP contribution in [0.4, 0.5) is 4.79 Å². The molecule has 0 radical (unpaired) electrons. The molecule has 4 aliphatic heterocycles. The smallest absolute Gasteiger partial charge is 0.410 e. The van der Waals surface area contributed by atoms with Crippen LogP contribution >= 0.6 is 0 Å². The summed E-state index contributed by atoms with van der Waals surface area (Å²) < 4.78 is 6.06. The highest BCUT2D eigenvalue weighted by molar-refractivity contribution is 5.70. The van der Waals surface area contributed by atoms with Gasteiger partial charge in [-0.2, -0.15) is 0 Å². The maximum Gasteiger partial charge on any atom is 0.410 e. The number of carbonyl (C=O) groups excluding carboxylic acids is 1. The van der Waals surface area contributed by atoms with E-state index in [-0.39, 0.29) is 18.2 Å². The normalized spacial score (nSPS) is 29.3. The SMILES string of the molecule is O=C(OC1CN2CCC1CC2)N1CCc2ccccc2C1c1ccncc1. The van der Waals surface area contributed by atoms with Gasteiger partial charge in [0.1, 0.15) is 6.10 Å². The number of aromatic nitrogens is 1. The molecule has 2 bridgehead atoms. The summed E-state index contributed by atoms with van der Waals surface area (Å²) in [5, 5.41) is 0. The molecule has 1 aromatic heterocycles. The van der Waals surface area contributed by atoms with Gasteiger partial charge in [0.2, 0.25) is 0 Å². The lowest BCUT2D eigenvalue weighted by Gasteiger charge is -2.45. The van der Waals surface area contributed by atoms with Gasteiger partial charge in [-0.3, -0.25) is 14.8 Å². The molecule has 5 heteroatoms. The highest BCUT2D eigenvalue weighted by Gasteiger charge is 2.39. The van der Waals surface area contributed by atoms with Crippen LogP contribution < -0.4 is 0 Å². The van der Waals surface area contributed by atoms with Crippen molar-refractivity contribution in [2.45, 2.75) is 31.4 Å². The molecule has 0 saturated carbocycles. The zero-order chi connectivity index (χ0) is 18.2. The zero-order valence-electron chi connectivity index (χ0n) is 15.5. The summed E-state index contributed by atoms with van der Waals surface area (Å²) in [5.74, 6) is 0.524. The van der Waals surface area contributed by atoms with Gasteiger partial charge in [-0.1, -0.05) is 24.3 Å². The van der Waals surface area contributed by atoms with Crippen molar-refractivity contribution in [1.29, 1.82) is 0 Å². The van der Waals surface area contributed by atoms with Crippen molar-refractivity contribution in [2.75, 3.05) is 26.2 Å². The fourth-order valence-electron chi connectivity index (χ4n) is 4.91. The molecule has 0 spiro atoms. The zero-order valence-corrected chi connectivity index (χ0v) is 15.5. The van der Waals surface area contributed by atoms with Crippen LogP contribution in [0.2, 0.25) is 0 Å². The van der Waals surface area contributed by atoms with Crippen LogP contribution in [0, 0.1) is 5.92 Å². The summed E-state index contributed by atoms with van der Waals surface area (Å²) >= 11 is 0. The Bertz CT molecular complexity index is 817. The van der Waals surface area contributed by atoms with Gasteiger partial charge < -0.3 is 4.74 Å². The highest BCUT2D eigenvalue weighted by Crippen LogP contribution is 2.36. The van der Waals surface area contributed by atoms with E-state index in [9.17, 15) is 4.79 Å². The third kappa shape index (κ3) is 3.10. The maximum absolute atomic E-state index is 13.2. The molecule has 6 rings (SSSR count). The van der Waals surface area contributed by atoms with Gasteiger partial charge in [-0.05, 0) is 67.1 Å². The van der Waals surface area contributed by atoms with Crippen LogP contribution in [0.25, 0.3) is 0 Å². The first-order chi connectivity index (χ1) is 13.3. The Morgan fingerprint density at radius 3 is 2.56 bits per heavy atom. The van der Waals surface area contributed by atoms with Crippen molar-refractivity contribution in [3.8, 4) is 0 Å². The van der Waals surface area contributed by atoms with E-state index in [1.165, 1.54) is 11.1 Å². The van der Waals surface area contributed by atoms with Gasteiger partial charge in [-0.25, -0.2) is 4.79 Å². The number of hydrogen-bond acceptors (Lipinski definition) is 4. The Balaban J connectivity index is 1.43. The minimum Gasteiger partial charge on any atom is -0.444 e. The Kier molecular flexibility index (Phi) is 4.32. The number of piperidine rings is 3. The molecule has 27 heavy (non-hydrogen) atoms. The number of benzene rings is 1. The van der Waals surface area contributed by atoms with Crippen molar-refractivity contribution in [3.05, 3.63) is 65.5 Å². The first-order valence-electron chi connectivity index (χ1n) is 9.97. The number of nitrogens with zero attached hydrogens (tertiary/aromatic N) is 3. The average molecular weight is 363 g/mol. The van der Waals surface area contributed by atoms with Crippen molar-refractivity contribution in [1.82, 2.24) is 14.8 Å². The fraction of sp³-hybridized carbons (Fsp3) is 0.455. The third-order valence-corrected chi connectivity index (χ3v) is 6.39. The topological polar surface area (TPSA) is 45.7 Å². The molecular formula is C22H25N3O2. The van der Waals surface area contributed by atoms with Gasteiger partial charge >= 0.3 is 6.09 Å².